The van der Waals surface area contributed by atoms with Crippen molar-refractivity contribution in [2.75, 3.05) is 0 Å². The molecule has 3 N–H and O–H groups in total. The summed E-state index contributed by atoms with van der Waals surface area (Å²) in [6.07, 6.45) is 1.26. The van der Waals surface area contributed by atoms with Crippen molar-refractivity contribution in [2.24, 2.45) is 5.84 Å². The zero-order valence-corrected chi connectivity index (χ0v) is 9.64. The zero-order valence-electron chi connectivity index (χ0n) is 9.64. The van der Waals surface area contributed by atoms with Crippen LogP contribution in [0, 0.1) is 0 Å². The van der Waals surface area contributed by atoms with E-state index < -0.39 is 11.6 Å². The highest BCUT2D eigenvalue weighted by Crippen LogP contribution is 2.21. The fourth-order valence-electron chi connectivity index (χ4n) is 1.92. The molecule has 1 aromatic rings. The summed E-state index contributed by atoms with van der Waals surface area (Å²) in [7, 11) is 0. The van der Waals surface area contributed by atoms with Crippen LogP contribution in [0.4, 0.5) is 4.79 Å². The van der Waals surface area contributed by atoms with Crippen LogP contribution in [0.3, 0.4) is 0 Å². The van der Waals surface area contributed by atoms with E-state index in [4.69, 9.17) is 5.84 Å². The number of urea groups is 1. The van der Waals surface area contributed by atoms with Crippen molar-refractivity contribution >= 4 is 11.9 Å². The molecular weight excluding hydrogens is 218 g/mol. The minimum atomic E-state index is -0.887. The molecule has 1 heterocycles. The van der Waals surface area contributed by atoms with Gasteiger partial charge in [0.15, 0.2) is 0 Å². The Bertz CT molecular complexity index is 446. The van der Waals surface area contributed by atoms with E-state index in [0.29, 0.717) is 11.4 Å². The number of hydrazine groups is 1. The SMILES string of the molecule is C[C@@]1(CCc2ccccc2)NC(=O)N(N)C1=O. The van der Waals surface area contributed by atoms with Crippen LogP contribution in [0.15, 0.2) is 30.3 Å². The number of amides is 3. The summed E-state index contributed by atoms with van der Waals surface area (Å²) in [6.45, 7) is 1.70. The van der Waals surface area contributed by atoms with Crippen LogP contribution in [0.1, 0.15) is 18.9 Å². The first-order chi connectivity index (χ1) is 8.03. The molecule has 0 saturated carbocycles. The molecule has 0 aromatic heterocycles. The molecule has 0 aliphatic carbocycles. The summed E-state index contributed by atoms with van der Waals surface area (Å²) in [5, 5.41) is 3.26. The van der Waals surface area contributed by atoms with Gasteiger partial charge in [0.05, 0.1) is 0 Å². The number of nitrogens with one attached hydrogen (secondary N) is 1. The van der Waals surface area contributed by atoms with Gasteiger partial charge in [0.25, 0.3) is 5.91 Å². The first-order valence-electron chi connectivity index (χ1n) is 5.48. The van der Waals surface area contributed by atoms with E-state index >= 15 is 0 Å². The second-order valence-electron chi connectivity index (χ2n) is 4.42. The van der Waals surface area contributed by atoms with Crippen LogP contribution in [0.2, 0.25) is 0 Å². The first-order valence-corrected chi connectivity index (χ1v) is 5.48. The van der Waals surface area contributed by atoms with Crippen molar-refractivity contribution in [2.45, 2.75) is 25.3 Å². The Morgan fingerprint density at radius 3 is 2.47 bits per heavy atom. The standard InChI is InChI=1S/C12H15N3O2/c1-12(10(16)15(13)11(17)14-12)8-7-9-5-3-2-4-6-9/h2-6H,7-8,13H2,1H3,(H,14,17)/t12-/m0/s1. The van der Waals surface area contributed by atoms with Crippen molar-refractivity contribution < 1.29 is 9.59 Å². The van der Waals surface area contributed by atoms with Gasteiger partial charge in [0, 0.05) is 0 Å². The van der Waals surface area contributed by atoms with E-state index in [1.165, 1.54) is 0 Å². The third-order valence-electron chi connectivity index (χ3n) is 3.05. The number of aryl methyl sites for hydroxylation is 1. The van der Waals surface area contributed by atoms with Crippen LogP contribution in [-0.4, -0.2) is 22.5 Å². The number of benzene rings is 1. The first kappa shape index (κ1) is 11.6. The fraction of sp³-hybridized carbons (Fsp3) is 0.333. The van der Waals surface area contributed by atoms with Gasteiger partial charge in [-0.25, -0.2) is 10.6 Å². The largest absolute Gasteiger partial charge is 0.339 e. The topological polar surface area (TPSA) is 75.4 Å². The lowest BCUT2D eigenvalue weighted by atomic mass is 9.93. The van der Waals surface area contributed by atoms with Crippen molar-refractivity contribution in [1.29, 1.82) is 0 Å². The summed E-state index contributed by atoms with van der Waals surface area (Å²) in [5.74, 6) is 4.96. The van der Waals surface area contributed by atoms with E-state index in [9.17, 15) is 9.59 Å². The van der Waals surface area contributed by atoms with E-state index in [2.05, 4.69) is 5.32 Å². The van der Waals surface area contributed by atoms with E-state index in [1.54, 1.807) is 6.92 Å². The quantitative estimate of drug-likeness (QED) is 0.460. The molecule has 0 radical (unpaired) electrons. The predicted molar refractivity (Wildman–Crippen MR) is 62.7 cm³/mol. The molecule has 0 bridgehead atoms. The Labute approximate surface area is 99.6 Å². The molecule has 1 atom stereocenters. The van der Waals surface area contributed by atoms with Gasteiger partial charge in [0.2, 0.25) is 0 Å². The van der Waals surface area contributed by atoms with Gasteiger partial charge in [0.1, 0.15) is 5.54 Å². The van der Waals surface area contributed by atoms with Gasteiger partial charge in [-0.05, 0) is 25.3 Å². The molecule has 0 spiro atoms. The van der Waals surface area contributed by atoms with Crippen LogP contribution >= 0.6 is 0 Å². The summed E-state index contributed by atoms with van der Waals surface area (Å²) in [4.78, 5) is 23.1. The highest BCUT2D eigenvalue weighted by molar-refractivity contribution is 6.06. The maximum Gasteiger partial charge on any atom is 0.339 e. The highest BCUT2D eigenvalue weighted by atomic mass is 16.2. The van der Waals surface area contributed by atoms with Crippen LogP contribution in [0.25, 0.3) is 0 Å². The highest BCUT2D eigenvalue weighted by Gasteiger charge is 2.46. The molecule has 0 unspecified atom stereocenters. The smallest absolute Gasteiger partial charge is 0.322 e. The number of hydrogen-bond acceptors (Lipinski definition) is 3. The molecule has 3 amide bonds. The summed E-state index contributed by atoms with van der Waals surface area (Å²) in [6, 6.07) is 9.28. The fourth-order valence-corrected chi connectivity index (χ4v) is 1.92. The third-order valence-corrected chi connectivity index (χ3v) is 3.05. The number of carbonyl (C=O) groups excluding carboxylic acids is 2. The Balaban J connectivity index is 2.04. The van der Waals surface area contributed by atoms with Gasteiger partial charge in [-0.2, -0.15) is 5.01 Å². The van der Waals surface area contributed by atoms with Crippen LogP contribution in [-0.2, 0) is 11.2 Å². The molecule has 1 fully saturated rings. The van der Waals surface area contributed by atoms with Crippen molar-refractivity contribution in [3.63, 3.8) is 0 Å². The number of imide groups is 1. The van der Waals surface area contributed by atoms with Gasteiger partial charge >= 0.3 is 6.03 Å². The number of nitrogens with zero attached hydrogens (tertiary/aromatic N) is 1. The molecule has 5 heteroatoms. The molecule has 17 heavy (non-hydrogen) atoms. The second-order valence-corrected chi connectivity index (χ2v) is 4.42. The average Bonchev–Trinajstić information content (AvgIpc) is 2.53. The number of rotatable bonds is 3. The van der Waals surface area contributed by atoms with E-state index in [0.717, 1.165) is 12.0 Å². The Morgan fingerprint density at radius 2 is 1.94 bits per heavy atom. The molecule has 5 nitrogen and oxygen atoms in total. The summed E-state index contributed by atoms with van der Waals surface area (Å²) >= 11 is 0. The number of carbonyl (C=O) groups is 2. The lowest BCUT2D eigenvalue weighted by molar-refractivity contribution is -0.131. The maximum atomic E-state index is 11.8. The summed E-state index contributed by atoms with van der Waals surface area (Å²) < 4.78 is 0. The number of nitrogens with two attached hydrogens (primary N) is 1. The van der Waals surface area contributed by atoms with Gasteiger partial charge in [-0.1, -0.05) is 30.3 Å². The molecule has 1 aromatic carbocycles. The molecule has 1 aliphatic heterocycles. The van der Waals surface area contributed by atoms with Crippen LogP contribution in [0.5, 0.6) is 0 Å². The van der Waals surface area contributed by atoms with Gasteiger partial charge in [-0.3, -0.25) is 4.79 Å². The normalized spacial score (nSPS) is 24.0. The predicted octanol–water partition coefficient (Wildman–Crippen LogP) is 0.803. The second kappa shape index (κ2) is 4.18. The Kier molecular flexibility index (Phi) is 2.85. The van der Waals surface area contributed by atoms with Crippen molar-refractivity contribution in [3.05, 3.63) is 35.9 Å². The summed E-state index contributed by atoms with van der Waals surface area (Å²) in [5.41, 5.74) is 0.244. The molecule has 1 aliphatic rings. The Hall–Kier alpha value is -1.88. The maximum absolute atomic E-state index is 11.8. The minimum absolute atomic E-state index is 0.376. The molecular formula is C12H15N3O2. The number of hydrogen-bond donors (Lipinski definition) is 2. The van der Waals surface area contributed by atoms with E-state index in [1.807, 2.05) is 30.3 Å². The third kappa shape index (κ3) is 2.14. The van der Waals surface area contributed by atoms with Crippen molar-refractivity contribution in [3.8, 4) is 0 Å². The molecule has 90 valence electrons. The van der Waals surface area contributed by atoms with Crippen molar-refractivity contribution in [1.82, 2.24) is 10.3 Å². The monoisotopic (exact) mass is 233 g/mol. The molecule has 1 saturated heterocycles. The van der Waals surface area contributed by atoms with Crippen LogP contribution < -0.4 is 11.2 Å². The minimum Gasteiger partial charge on any atom is -0.322 e. The van der Waals surface area contributed by atoms with E-state index in [-0.39, 0.29) is 5.91 Å². The van der Waals surface area contributed by atoms with Gasteiger partial charge in [-0.15, -0.1) is 0 Å². The Morgan fingerprint density at radius 1 is 1.29 bits per heavy atom. The zero-order chi connectivity index (χ0) is 12.5. The lowest BCUT2D eigenvalue weighted by Gasteiger charge is -2.20. The average molecular weight is 233 g/mol. The lowest BCUT2D eigenvalue weighted by Crippen LogP contribution is -2.45. The van der Waals surface area contributed by atoms with Gasteiger partial charge < -0.3 is 5.32 Å². The molecule has 2 rings (SSSR count).